The molecule has 7 nitrogen and oxygen atoms in total. The molecular formula is C26H24ClN4O3S+. The first-order valence-electron chi connectivity index (χ1n) is 11.4. The first-order valence-corrected chi connectivity index (χ1v) is 12.8. The second-order valence-electron chi connectivity index (χ2n) is 8.25. The van der Waals surface area contributed by atoms with E-state index in [1.165, 1.54) is 18.7 Å². The Hall–Kier alpha value is -3.36. The second-order valence-corrected chi connectivity index (χ2v) is 9.77. The van der Waals surface area contributed by atoms with Crippen LogP contribution in [0.3, 0.4) is 0 Å². The third-order valence-electron chi connectivity index (χ3n) is 5.82. The summed E-state index contributed by atoms with van der Waals surface area (Å²) in [5.41, 5.74) is 2.20. The number of aromatic nitrogens is 3. The van der Waals surface area contributed by atoms with Crippen LogP contribution in [0.25, 0.3) is 22.6 Å². The van der Waals surface area contributed by atoms with Crippen LogP contribution in [0.15, 0.2) is 75.0 Å². The molecule has 1 atom stereocenters. The quantitative estimate of drug-likeness (QED) is 0.213. The van der Waals surface area contributed by atoms with Gasteiger partial charge < -0.3 is 4.42 Å². The molecule has 178 valence electrons. The smallest absolute Gasteiger partial charge is 0.325 e. The van der Waals surface area contributed by atoms with Crippen LogP contribution in [-0.2, 0) is 4.79 Å². The van der Waals surface area contributed by atoms with Crippen LogP contribution in [0.4, 0.5) is 5.69 Å². The Morgan fingerprint density at radius 1 is 1.20 bits per heavy atom. The van der Waals surface area contributed by atoms with Gasteiger partial charge >= 0.3 is 17.4 Å². The molecule has 4 aromatic rings. The largest absolute Gasteiger partial charge is 0.452 e. The molecular weight excluding hydrogens is 484 g/mol. The van der Waals surface area contributed by atoms with E-state index in [0.29, 0.717) is 38.6 Å². The molecule has 1 amide bonds. The summed E-state index contributed by atoms with van der Waals surface area (Å²) in [6.07, 6.45) is 1.28. The van der Waals surface area contributed by atoms with Gasteiger partial charge in [0.05, 0.1) is 11.3 Å². The van der Waals surface area contributed by atoms with Gasteiger partial charge in [0, 0.05) is 28.4 Å². The number of hydrogen-bond acceptors (Lipinski definition) is 5. The molecule has 1 aliphatic heterocycles. The lowest BCUT2D eigenvalue weighted by Crippen LogP contribution is -2.60. The highest BCUT2D eigenvalue weighted by molar-refractivity contribution is 7.99. The number of para-hydroxylation sites is 1. The van der Waals surface area contributed by atoms with Crippen molar-refractivity contribution in [2.75, 3.05) is 10.7 Å². The number of carbonyl (C=O) groups excluding carboxylic acids is 1. The number of benzene rings is 2. The minimum Gasteiger partial charge on any atom is -0.452 e. The Kier molecular flexibility index (Phi) is 6.49. The summed E-state index contributed by atoms with van der Waals surface area (Å²) >= 11 is 7.66. The van der Waals surface area contributed by atoms with Crippen LogP contribution in [-0.4, -0.2) is 21.7 Å². The summed E-state index contributed by atoms with van der Waals surface area (Å²) in [5.74, 6) is 1.73. The highest BCUT2D eigenvalue weighted by Gasteiger charge is 2.46. The molecule has 0 spiro atoms. The van der Waals surface area contributed by atoms with E-state index >= 15 is 0 Å². The van der Waals surface area contributed by atoms with Crippen LogP contribution in [0.2, 0.25) is 5.02 Å². The van der Waals surface area contributed by atoms with Crippen molar-refractivity contribution in [2.45, 2.75) is 38.0 Å². The predicted octanol–water partition coefficient (Wildman–Crippen LogP) is 5.44. The number of hydrogen-bond donors (Lipinski definition) is 1. The van der Waals surface area contributed by atoms with E-state index in [-0.39, 0.29) is 11.5 Å². The van der Waals surface area contributed by atoms with Gasteiger partial charge in [0.25, 0.3) is 0 Å². The van der Waals surface area contributed by atoms with Gasteiger partial charge in [-0.2, -0.15) is 0 Å². The lowest BCUT2D eigenvalue weighted by molar-refractivity contribution is -0.764. The number of fused-ring (bicyclic) bond motifs is 3. The number of carbonyl (C=O) groups is 1. The van der Waals surface area contributed by atoms with E-state index in [9.17, 15) is 9.59 Å². The number of amides is 1. The maximum atomic E-state index is 13.3. The van der Waals surface area contributed by atoms with Crippen molar-refractivity contribution in [1.29, 1.82) is 0 Å². The molecule has 0 aliphatic carbocycles. The fraction of sp³-hybridized carbons (Fsp3) is 0.231. The minimum atomic E-state index is -0.766. The summed E-state index contributed by atoms with van der Waals surface area (Å²) in [6, 6.07) is 18.4. The molecule has 9 heteroatoms. The highest BCUT2D eigenvalue weighted by Crippen LogP contribution is 2.38. The number of unbranched alkanes of at least 4 members (excludes halogenated alkanes) is 1. The normalized spacial score (nSPS) is 14.5. The average molecular weight is 508 g/mol. The summed E-state index contributed by atoms with van der Waals surface area (Å²) in [4.78, 5) is 30.8. The van der Waals surface area contributed by atoms with Gasteiger partial charge in [-0.3, -0.25) is 14.6 Å². The van der Waals surface area contributed by atoms with Gasteiger partial charge in [-0.25, -0.2) is 4.90 Å². The molecule has 0 fully saturated rings. The molecule has 1 aliphatic rings. The fourth-order valence-electron chi connectivity index (χ4n) is 4.24. The number of H-pyrrole nitrogens is 1. The zero-order chi connectivity index (χ0) is 24.5. The molecule has 5 rings (SSSR count). The van der Waals surface area contributed by atoms with Gasteiger partial charge in [-0.1, -0.05) is 61.0 Å². The number of furan rings is 1. The van der Waals surface area contributed by atoms with Crippen molar-refractivity contribution in [1.82, 2.24) is 10.1 Å². The first-order chi connectivity index (χ1) is 17.0. The van der Waals surface area contributed by atoms with E-state index in [4.69, 9.17) is 21.1 Å². The number of thioether (sulfide) groups is 1. The van der Waals surface area contributed by atoms with E-state index < -0.39 is 6.17 Å². The lowest BCUT2D eigenvalue weighted by Gasteiger charge is -2.30. The number of aromatic amines is 1. The van der Waals surface area contributed by atoms with Crippen LogP contribution in [0.1, 0.15) is 38.6 Å². The number of rotatable bonds is 6. The molecule has 3 heterocycles. The Labute approximate surface area is 211 Å². The summed E-state index contributed by atoms with van der Waals surface area (Å²) in [7, 11) is 0. The van der Waals surface area contributed by atoms with Crippen LogP contribution >= 0.6 is 23.4 Å². The molecule has 0 saturated carbocycles. The van der Waals surface area contributed by atoms with Gasteiger partial charge in [0.15, 0.2) is 5.76 Å². The van der Waals surface area contributed by atoms with Gasteiger partial charge in [0.1, 0.15) is 5.76 Å². The van der Waals surface area contributed by atoms with Crippen LogP contribution in [0, 0.1) is 0 Å². The minimum absolute atomic E-state index is 0.191. The molecule has 0 unspecified atom stereocenters. The third kappa shape index (κ3) is 4.39. The maximum Gasteiger partial charge on any atom is 0.325 e. The van der Waals surface area contributed by atoms with E-state index in [0.717, 1.165) is 24.2 Å². The molecule has 2 aromatic carbocycles. The van der Waals surface area contributed by atoms with Crippen molar-refractivity contribution >= 4 is 35.0 Å². The van der Waals surface area contributed by atoms with Crippen LogP contribution < -0.4 is 15.1 Å². The summed E-state index contributed by atoms with van der Waals surface area (Å²) in [5, 5.41) is 5.88. The maximum absolute atomic E-state index is 13.3. The number of halogens is 1. The summed E-state index contributed by atoms with van der Waals surface area (Å²) in [6.45, 7) is 3.62. The molecule has 0 saturated heterocycles. The summed E-state index contributed by atoms with van der Waals surface area (Å²) < 4.78 is 7.87. The Morgan fingerprint density at radius 2 is 2.03 bits per heavy atom. The second kappa shape index (κ2) is 9.71. The standard InChI is InChI=1S/C26H23ClN4O3S/c1-3-4-14-35-26-28-24(33)23-19-10-5-6-11-20(19)30(16(2)32)25(31(23)29-26)22-13-12-21(34-22)17-8-7-9-18(27)15-17/h5-13,15,25H,3-4,14H2,1-2H3/p+1/t25-/m0/s1. The molecule has 35 heavy (non-hydrogen) atoms. The Balaban J connectivity index is 1.70. The molecule has 0 radical (unpaired) electrons. The van der Waals surface area contributed by atoms with Crippen molar-refractivity contribution in [3.8, 4) is 22.6 Å². The molecule has 1 N–H and O–H groups in total. The number of anilines is 1. The number of nitrogens with zero attached hydrogens (tertiary/aromatic N) is 3. The fourth-order valence-corrected chi connectivity index (χ4v) is 5.36. The lowest BCUT2D eigenvalue weighted by atomic mass is 10.0. The molecule has 0 bridgehead atoms. The van der Waals surface area contributed by atoms with Gasteiger partial charge in [0.2, 0.25) is 11.1 Å². The Morgan fingerprint density at radius 3 is 2.80 bits per heavy atom. The van der Waals surface area contributed by atoms with Crippen molar-refractivity contribution in [3.05, 3.63) is 81.8 Å². The Bertz CT molecular complexity index is 1460. The van der Waals surface area contributed by atoms with Gasteiger partial charge in [-0.15, -0.1) is 0 Å². The zero-order valence-electron chi connectivity index (χ0n) is 19.3. The monoisotopic (exact) mass is 507 g/mol. The topological polar surface area (TPSA) is 83.1 Å². The van der Waals surface area contributed by atoms with E-state index in [1.54, 1.807) is 15.6 Å². The zero-order valence-corrected chi connectivity index (χ0v) is 20.9. The van der Waals surface area contributed by atoms with Crippen molar-refractivity contribution < 1.29 is 13.9 Å². The molecule has 2 aromatic heterocycles. The third-order valence-corrected chi connectivity index (χ3v) is 7.01. The van der Waals surface area contributed by atoms with E-state index in [2.05, 4.69) is 11.9 Å². The van der Waals surface area contributed by atoms with Crippen LogP contribution in [0.5, 0.6) is 0 Å². The average Bonchev–Trinajstić information content (AvgIpc) is 3.33. The first kappa shape index (κ1) is 23.4. The number of nitrogens with one attached hydrogen (secondary N) is 1. The highest BCUT2D eigenvalue weighted by atomic mass is 35.5. The van der Waals surface area contributed by atoms with Crippen molar-refractivity contribution in [2.24, 2.45) is 0 Å². The van der Waals surface area contributed by atoms with Gasteiger partial charge in [-0.05, 0) is 47.5 Å². The SMILES string of the molecule is CCCCSc1n[n+]2c(c(=O)[nH]1)-c1ccccc1N(C(C)=O)[C@@H]2c1ccc(-c2cccc(Cl)c2)o1. The van der Waals surface area contributed by atoms with E-state index in [1.807, 2.05) is 54.6 Å². The predicted molar refractivity (Wildman–Crippen MR) is 137 cm³/mol. The van der Waals surface area contributed by atoms with Crippen molar-refractivity contribution in [3.63, 3.8) is 0 Å².